The number of ether oxygens (including phenoxy) is 1. The van der Waals surface area contributed by atoms with Crippen LogP contribution < -0.4 is 10.5 Å². The minimum atomic E-state index is -0.634. The van der Waals surface area contributed by atoms with Crippen LogP contribution >= 0.6 is 11.6 Å². The van der Waals surface area contributed by atoms with Crippen LogP contribution in [0.4, 0.5) is 4.39 Å². The molecule has 4 nitrogen and oxygen atoms in total. The Bertz CT molecular complexity index is 975. The summed E-state index contributed by atoms with van der Waals surface area (Å²) >= 11 is 6.42. The number of aliphatic hydroxyl groups is 1. The molecule has 3 aromatic carbocycles. The van der Waals surface area contributed by atoms with E-state index in [1.807, 2.05) is 49.4 Å². The molecule has 0 bridgehead atoms. The van der Waals surface area contributed by atoms with Crippen molar-refractivity contribution in [2.45, 2.75) is 31.8 Å². The third kappa shape index (κ3) is 7.08. The van der Waals surface area contributed by atoms with Gasteiger partial charge in [0.2, 0.25) is 0 Å². The first-order valence-corrected chi connectivity index (χ1v) is 10.5. The zero-order valence-electron chi connectivity index (χ0n) is 18.1. The maximum atomic E-state index is 15.2. The van der Waals surface area contributed by atoms with Crippen LogP contribution in [0.3, 0.4) is 0 Å². The van der Waals surface area contributed by atoms with Crippen molar-refractivity contribution in [3.05, 3.63) is 94.8 Å². The van der Waals surface area contributed by atoms with Gasteiger partial charge in [0.15, 0.2) is 0 Å². The largest absolute Gasteiger partial charge is 0.693 e. The summed E-state index contributed by atoms with van der Waals surface area (Å²) in [5, 5.41) is 10.3. The summed E-state index contributed by atoms with van der Waals surface area (Å²) < 4.78 is 20.7. The van der Waals surface area contributed by atoms with E-state index in [0.717, 1.165) is 17.5 Å². The molecule has 0 amide bonds. The van der Waals surface area contributed by atoms with Crippen LogP contribution in [0.15, 0.2) is 60.7 Å². The zero-order valence-corrected chi connectivity index (χ0v) is 21.7. The second-order valence-corrected chi connectivity index (χ2v) is 7.63. The number of hydrogen-bond acceptors (Lipinski definition) is 3. The third-order valence-electron chi connectivity index (χ3n) is 5.05. The normalized spacial score (nSPS) is 12.3. The Kier molecular flexibility index (Phi) is 12.6. The fraction of sp³-hybridized carbons (Fsp3) is 0.280. The van der Waals surface area contributed by atoms with Crippen LogP contribution in [-0.4, -0.2) is 24.4 Å². The fourth-order valence-electron chi connectivity index (χ4n) is 3.47. The second-order valence-electron chi connectivity index (χ2n) is 7.22. The van der Waals surface area contributed by atoms with Gasteiger partial charge in [0.25, 0.3) is 0 Å². The molecule has 0 heterocycles. The smallest absolute Gasteiger partial charge is 0.112 e. The van der Waals surface area contributed by atoms with E-state index in [0.29, 0.717) is 23.6 Å². The predicted octanol–water partition coefficient (Wildman–Crippen LogP) is 6.29. The predicted molar refractivity (Wildman–Crippen MR) is 125 cm³/mol. The Morgan fingerprint density at radius 2 is 1.84 bits per heavy atom. The van der Waals surface area contributed by atoms with Gasteiger partial charge in [0.1, 0.15) is 6.61 Å². The van der Waals surface area contributed by atoms with Gasteiger partial charge >= 0.3 is 0 Å². The molecule has 5 N–H and O–H groups in total. The van der Waals surface area contributed by atoms with Gasteiger partial charge in [0.05, 0.1) is 17.7 Å². The summed E-state index contributed by atoms with van der Waals surface area (Å²) in [4.78, 5) is 0. The molecule has 169 valence electrons. The second kappa shape index (κ2) is 14.0. The van der Waals surface area contributed by atoms with Crippen molar-refractivity contribution in [1.82, 2.24) is 0 Å². The number of benzene rings is 3. The van der Waals surface area contributed by atoms with E-state index in [4.69, 9.17) is 22.1 Å². The Hall–Kier alpha value is -1.34. The van der Waals surface area contributed by atoms with Gasteiger partial charge in [-0.05, 0) is 17.5 Å². The molecule has 0 aromatic heterocycles. The van der Waals surface area contributed by atoms with E-state index < -0.39 is 11.9 Å². The third-order valence-corrected chi connectivity index (χ3v) is 5.38. The Balaban J connectivity index is 0.00000256. The van der Waals surface area contributed by atoms with E-state index in [2.05, 4.69) is 6.07 Å². The average molecular weight is 532 g/mol. The SMILES string of the molecule is CCC[C@H](O)COc1cc[c-]c(-c2cc(C(CN)c3ccccc3)ccc2Cl)c1F.[NH2-].[Y]. The number of nitrogens with two attached hydrogens (primary N) is 2. The van der Waals surface area contributed by atoms with E-state index in [-0.39, 0.29) is 62.7 Å². The number of halogens is 2. The fourth-order valence-corrected chi connectivity index (χ4v) is 3.68. The molecule has 3 aromatic rings. The van der Waals surface area contributed by atoms with Crippen LogP contribution in [0.1, 0.15) is 36.8 Å². The molecular formula is C25H28ClFN2O2Y-2. The monoisotopic (exact) mass is 531 g/mol. The summed E-state index contributed by atoms with van der Waals surface area (Å²) in [5.74, 6) is -0.517. The van der Waals surface area contributed by atoms with Gasteiger partial charge in [0, 0.05) is 50.2 Å². The first-order valence-electron chi connectivity index (χ1n) is 10.1. The Morgan fingerprint density at radius 1 is 1.12 bits per heavy atom. The van der Waals surface area contributed by atoms with Crippen LogP contribution in [0.5, 0.6) is 5.75 Å². The van der Waals surface area contributed by atoms with Crippen molar-refractivity contribution < 1.29 is 46.9 Å². The summed E-state index contributed by atoms with van der Waals surface area (Å²) in [6, 6.07) is 21.5. The number of hydrogen-bond donors (Lipinski definition) is 2. The minimum Gasteiger partial charge on any atom is -0.693 e. The zero-order chi connectivity index (χ0) is 21.5. The molecule has 0 saturated heterocycles. The number of rotatable bonds is 9. The van der Waals surface area contributed by atoms with Crippen molar-refractivity contribution in [1.29, 1.82) is 0 Å². The van der Waals surface area contributed by atoms with E-state index >= 15 is 4.39 Å². The van der Waals surface area contributed by atoms with E-state index in [9.17, 15) is 5.11 Å². The number of aliphatic hydroxyl groups excluding tert-OH is 1. The summed E-state index contributed by atoms with van der Waals surface area (Å²) in [7, 11) is 0. The maximum absolute atomic E-state index is 15.2. The molecule has 0 spiro atoms. The summed E-state index contributed by atoms with van der Waals surface area (Å²) in [6.07, 6.45) is 0.791. The topological polar surface area (TPSA) is 89.0 Å². The van der Waals surface area contributed by atoms with Crippen molar-refractivity contribution >= 4 is 11.6 Å². The molecule has 32 heavy (non-hydrogen) atoms. The van der Waals surface area contributed by atoms with Gasteiger partial charge < -0.3 is 21.7 Å². The van der Waals surface area contributed by atoms with Gasteiger partial charge in [-0.25, -0.2) is 0 Å². The Morgan fingerprint density at radius 3 is 2.50 bits per heavy atom. The molecule has 0 saturated carbocycles. The van der Waals surface area contributed by atoms with Crippen molar-refractivity contribution in [3.8, 4) is 16.9 Å². The molecule has 2 atom stereocenters. The van der Waals surface area contributed by atoms with Gasteiger partial charge in [-0.3, -0.25) is 4.39 Å². The van der Waals surface area contributed by atoms with E-state index in [1.165, 1.54) is 6.07 Å². The van der Waals surface area contributed by atoms with Crippen molar-refractivity contribution in [2.75, 3.05) is 13.2 Å². The molecule has 7 heteroatoms. The Labute approximate surface area is 219 Å². The van der Waals surface area contributed by atoms with Crippen molar-refractivity contribution in [2.24, 2.45) is 5.73 Å². The molecule has 0 aliphatic heterocycles. The summed E-state index contributed by atoms with van der Waals surface area (Å²) in [5.41, 5.74) is 8.84. The van der Waals surface area contributed by atoms with Gasteiger partial charge in [-0.15, -0.1) is 17.7 Å². The van der Waals surface area contributed by atoms with Crippen LogP contribution in [0, 0.1) is 11.9 Å². The average Bonchev–Trinajstić information content (AvgIpc) is 2.76. The van der Waals surface area contributed by atoms with Crippen molar-refractivity contribution in [3.63, 3.8) is 0 Å². The van der Waals surface area contributed by atoms with E-state index in [1.54, 1.807) is 12.1 Å². The molecule has 1 unspecified atom stereocenters. The summed E-state index contributed by atoms with van der Waals surface area (Å²) in [6.45, 7) is 2.42. The molecule has 1 radical (unpaired) electrons. The first kappa shape index (κ1) is 28.7. The van der Waals surface area contributed by atoms with Gasteiger partial charge in [-0.2, -0.15) is 0 Å². The molecule has 3 rings (SSSR count). The molecule has 0 fully saturated rings. The quantitative estimate of drug-likeness (QED) is 0.318. The molecule has 0 aliphatic carbocycles. The standard InChI is InChI=1S/C25H26ClFNO2.H2N.Y/c1-2-7-19(29)16-30-24-11-6-10-20(25(24)27)21-14-18(12-13-23(21)26)22(15-28)17-8-4-3-5-9-17;;/h3-6,8-9,11-14,19,22,29H,2,7,15-16,28H2,1H3;1H2;/q2*-1;/t19-,22?;;/m0../s1. The van der Waals surface area contributed by atoms with Crippen LogP contribution in [0.2, 0.25) is 5.02 Å². The molecular weight excluding hydrogens is 504 g/mol. The maximum Gasteiger partial charge on any atom is 0.112 e. The van der Waals surface area contributed by atoms with Gasteiger partial charge in [-0.1, -0.05) is 85.1 Å². The van der Waals surface area contributed by atoms with Crippen LogP contribution in [0.25, 0.3) is 17.3 Å². The van der Waals surface area contributed by atoms with Crippen LogP contribution in [-0.2, 0) is 32.7 Å². The molecule has 0 aliphatic rings. The minimum absolute atomic E-state index is 0. The first-order chi connectivity index (χ1) is 14.5.